The third-order valence-electron chi connectivity index (χ3n) is 5.07. The van der Waals surface area contributed by atoms with Crippen LogP contribution in [0.2, 0.25) is 0 Å². The minimum absolute atomic E-state index is 0.0696. The topological polar surface area (TPSA) is 69.5 Å². The Morgan fingerprint density at radius 2 is 1.97 bits per heavy atom. The largest absolute Gasteiger partial charge is 0.473 e. The van der Waals surface area contributed by atoms with E-state index in [9.17, 15) is 22.4 Å². The second-order valence-electron chi connectivity index (χ2n) is 7.34. The number of benzene rings is 1. The molecule has 0 radical (unpaired) electrons. The number of alkyl halides is 3. The second-order valence-corrected chi connectivity index (χ2v) is 7.34. The summed E-state index contributed by atoms with van der Waals surface area (Å²) in [6.07, 6.45) is -3.71. The fraction of sp³-hybridized carbons (Fsp3) is 0.286. The first-order valence-corrected chi connectivity index (χ1v) is 9.59. The molecule has 0 N–H and O–H groups in total. The highest BCUT2D eigenvalue weighted by molar-refractivity contribution is 5.45. The molecular formula is C21H18F4N4O3. The molecule has 1 aliphatic rings. The van der Waals surface area contributed by atoms with Crippen LogP contribution in [-0.2, 0) is 19.3 Å². The molecule has 4 rings (SSSR count). The van der Waals surface area contributed by atoms with E-state index in [0.29, 0.717) is 24.0 Å². The molecule has 0 spiro atoms. The minimum atomic E-state index is -4.64. The summed E-state index contributed by atoms with van der Waals surface area (Å²) in [4.78, 5) is 21.2. The van der Waals surface area contributed by atoms with Gasteiger partial charge < -0.3 is 14.4 Å². The number of anilines is 1. The van der Waals surface area contributed by atoms with Crippen molar-refractivity contribution in [2.75, 3.05) is 11.9 Å². The molecule has 0 amide bonds. The van der Waals surface area contributed by atoms with E-state index >= 15 is 0 Å². The number of nitrogens with zero attached hydrogens (tertiary/aromatic N) is 4. The van der Waals surface area contributed by atoms with E-state index in [1.807, 2.05) is 18.9 Å². The predicted molar refractivity (Wildman–Crippen MR) is 106 cm³/mol. The van der Waals surface area contributed by atoms with Gasteiger partial charge in [-0.1, -0.05) is 6.07 Å². The van der Waals surface area contributed by atoms with Gasteiger partial charge in [-0.3, -0.25) is 9.55 Å². The summed E-state index contributed by atoms with van der Waals surface area (Å²) in [6.45, 7) is 2.45. The van der Waals surface area contributed by atoms with Crippen molar-refractivity contribution in [1.29, 1.82) is 0 Å². The molecule has 0 bridgehead atoms. The number of hydrogen-bond donors (Lipinski definition) is 0. The summed E-state index contributed by atoms with van der Waals surface area (Å²) in [5.74, 6) is -0.446. The molecule has 0 aliphatic carbocycles. The zero-order valence-electron chi connectivity index (χ0n) is 17.1. The Bertz CT molecular complexity index is 1210. The Morgan fingerprint density at radius 1 is 1.19 bits per heavy atom. The highest BCUT2D eigenvalue weighted by atomic mass is 19.4. The Morgan fingerprint density at radius 3 is 2.69 bits per heavy atom. The molecule has 1 atom stereocenters. The van der Waals surface area contributed by atoms with E-state index in [-0.39, 0.29) is 30.0 Å². The predicted octanol–water partition coefficient (Wildman–Crippen LogP) is 4.01. The molecule has 32 heavy (non-hydrogen) atoms. The van der Waals surface area contributed by atoms with E-state index in [0.717, 1.165) is 12.3 Å². The number of halogens is 4. The van der Waals surface area contributed by atoms with Crippen molar-refractivity contribution < 1.29 is 27.0 Å². The highest BCUT2D eigenvalue weighted by Gasteiger charge is 2.32. The SMILES string of the molecule is CC1Cn2c(cc(OCc3ccc(Oc4ccnc(C(F)(F)F)c4)c(F)c3)nc2=O)N1C. The zero-order valence-corrected chi connectivity index (χ0v) is 17.1. The van der Waals surface area contributed by atoms with Gasteiger partial charge in [-0.15, -0.1) is 0 Å². The fourth-order valence-corrected chi connectivity index (χ4v) is 3.25. The van der Waals surface area contributed by atoms with Crippen LogP contribution in [0, 0.1) is 5.82 Å². The van der Waals surface area contributed by atoms with Crippen LogP contribution in [0.4, 0.5) is 23.4 Å². The van der Waals surface area contributed by atoms with Gasteiger partial charge in [0.25, 0.3) is 0 Å². The van der Waals surface area contributed by atoms with Gasteiger partial charge in [0.1, 0.15) is 23.9 Å². The van der Waals surface area contributed by atoms with Crippen LogP contribution >= 0.6 is 0 Å². The fourth-order valence-electron chi connectivity index (χ4n) is 3.25. The van der Waals surface area contributed by atoms with Gasteiger partial charge in [0.05, 0.1) is 0 Å². The van der Waals surface area contributed by atoms with Crippen LogP contribution in [0.3, 0.4) is 0 Å². The van der Waals surface area contributed by atoms with E-state index in [1.165, 1.54) is 18.2 Å². The van der Waals surface area contributed by atoms with Crippen LogP contribution in [0.5, 0.6) is 17.4 Å². The van der Waals surface area contributed by atoms with Crippen LogP contribution in [-0.4, -0.2) is 27.6 Å². The molecule has 3 aromatic rings. The third kappa shape index (κ3) is 4.36. The third-order valence-corrected chi connectivity index (χ3v) is 5.07. The van der Waals surface area contributed by atoms with Crippen molar-refractivity contribution in [2.45, 2.75) is 32.3 Å². The van der Waals surface area contributed by atoms with Gasteiger partial charge in [-0.05, 0) is 30.7 Å². The first kappa shape index (κ1) is 21.6. The number of pyridine rings is 1. The molecule has 168 valence electrons. The Labute approximate surface area is 179 Å². The molecule has 0 saturated carbocycles. The first-order valence-electron chi connectivity index (χ1n) is 9.59. The molecule has 1 unspecified atom stereocenters. The normalized spacial score (nSPS) is 15.6. The summed E-state index contributed by atoms with van der Waals surface area (Å²) >= 11 is 0. The lowest BCUT2D eigenvalue weighted by molar-refractivity contribution is -0.141. The van der Waals surface area contributed by atoms with Gasteiger partial charge in [0.2, 0.25) is 5.88 Å². The van der Waals surface area contributed by atoms with Gasteiger partial charge in [0.15, 0.2) is 11.6 Å². The van der Waals surface area contributed by atoms with E-state index in [2.05, 4.69) is 9.97 Å². The number of fused-ring (bicyclic) bond motifs is 1. The van der Waals surface area contributed by atoms with Crippen LogP contribution in [0.25, 0.3) is 0 Å². The summed E-state index contributed by atoms with van der Waals surface area (Å²) in [5.41, 5.74) is -1.15. The molecule has 11 heteroatoms. The van der Waals surface area contributed by atoms with Gasteiger partial charge >= 0.3 is 11.9 Å². The standard InChI is InChI=1S/C21H18F4N4O3/c1-12-10-29-19(28(12)2)9-18(27-20(29)30)31-11-13-3-4-16(15(22)7-13)32-14-5-6-26-17(8-14)21(23,24)25/h3-9,12H,10-11H2,1-2H3. The van der Waals surface area contributed by atoms with Crippen molar-refractivity contribution in [3.05, 3.63) is 70.2 Å². The number of aromatic nitrogens is 3. The molecule has 1 aliphatic heterocycles. The molecule has 3 heterocycles. The molecule has 7 nitrogen and oxygen atoms in total. The summed E-state index contributed by atoms with van der Waals surface area (Å²) < 4.78 is 65.1. The van der Waals surface area contributed by atoms with Crippen molar-refractivity contribution in [3.63, 3.8) is 0 Å². The van der Waals surface area contributed by atoms with E-state index in [1.54, 1.807) is 10.6 Å². The number of likely N-dealkylation sites (N-methyl/N-ethyl adjacent to an activating group) is 1. The van der Waals surface area contributed by atoms with Gasteiger partial charge in [-0.25, -0.2) is 9.18 Å². The number of hydrogen-bond acceptors (Lipinski definition) is 6. The van der Waals surface area contributed by atoms with Gasteiger partial charge in [-0.2, -0.15) is 18.2 Å². The second kappa shape index (κ2) is 8.13. The van der Waals surface area contributed by atoms with Crippen molar-refractivity contribution in [2.24, 2.45) is 0 Å². The van der Waals surface area contributed by atoms with E-state index < -0.39 is 23.4 Å². The smallest absolute Gasteiger partial charge is 0.433 e. The maximum absolute atomic E-state index is 14.4. The Balaban J connectivity index is 1.46. The average Bonchev–Trinajstić information content (AvgIpc) is 3.03. The van der Waals surface area contributed by atoms with Crippen molar-refractivity contribution >= 4 is 5.82 Å². The molecule has 0 saturated heterocycles. The molecule has 2 aromatic heterocycles. The first-order chi connectivity index (χ1) is 15.1. The van der Waals surface area contributed by atoms with Gasteiger partial charge in [0, 0.05) is 38.0 Å². The summed E-state index contributed by atoms with van der Waals surface area (Å²) in [5, 5.41) is 0. The average molecular weight is 450 g/mol. The zero-order chi connectivity index (χ0) is 23.0. The Hall–Kier alpha value is -3.63. The highest BCUT2D eigenvalue weighted by Crippen LogP contribution is 2.32. The summed E-state index contributed by atoms with van der Waals surface area (Å²) in [6, 6.07) is 7.58. The Kier molecular flexibility index (Phi) is 5.49. The maximum atomic E-state index is 14.4. The van der Waals surface area contributed by atoms with E-state index in [4.69, 9.17) is 9.47 Å². The molecule has 0 fully saturated rings. The lowest BCUT2D eigenvalue weighted by Crippen LogP contribution is -2.23. The minimum Gasteiger partial charge on any atom is -0.473 e. The molecular weight excluding hydrogens is 432 g/mol. The van der Waals surface area contributed by atoms with Crippen molar-refractivity contribution in [3.8, 4) is 17.4 Å². The lowest BCUT2D eigenvalue weighted by Gasteiger charge is -2.16. The number of rotatable bonds is 5. The van der Waals surface area contributed by atoms with Crippen LogP contribution in [0.1, 0.15) is 18.2 Å². The lowest BCUT2D eigenvalue weighted by atomic mass is 10.2. The van der Waals surface area contributed by atoms with Crippen LogP contribution in [0.15, 0.2) is 47.4 Å². The molecule has 1 aromatic carbocycles. The maximum Gasteiger partial charge on any atom is 0.433 e. The summed E-state index contributed by atoms with van der Waals surface area (Å²) in [7, 11) is 1.86. The van der Waals surface area contributed by atoms with Crippen LogP contribution < -0.4 is 20.1 Å². The quantitative estimate of drug-likeness (QED) is 0.548. The monoisotopic (exact) mass is 450 g/mol. The van der Waals surface area contributed by atoms with Crippen molar-refractivity contribution in [1.82, 2.24) is 14.5 Å². The number of ether oxygens (including phenoxy) is 2.